The van der Waals surface area contributed by atoms with Gasteiger partial charge < -0.3 is 10.2 Å². The molecule has 5 rings (SSSR count). The van der Waals surface area contributed by atoms with E-state index in [4.69, 9.17) is 5.11 Å². The summed E-state index contributed by atoms with van der Waals surface area (Å²) in [6, 6.07) is 0. The van der Waals surface area contributed by atoms with E-state index in [1.54, 1.807) is 0 Å². The molecule has 104 valence electrons. The fourth-order valence-corrected chi connectivity index (χ4v) is 4.12. The lowest BCUT2D eigenvalue weighted by Gasteiger charge is -2.70. The first-order valence-corrected chi connectivity index (χ1v) is 6.45. The predicted octanol–water partition coefficient (Wildman–Crippen LogP) is 0.555. The molecule has 2 aromatic rings. The number of carbonyl (C=O) groups is 1. The van der Waals surface area contributed by atoms with Gasteiger partial charge in [0.1, 0.15) is 5.52 Å². The Morgan fingerprint density at radius 3 is 2.70 bits per heavy atom. The monoisotopic (exact) mass is 275 g/mol. The summed E-state index contributed by atoms with van der Waals surface area (Å²) in [4.78, 5) is 27.1. The Bertz CT molecular complexity index is 784. The van der Waals surface area contributed by atoms with Crippen LogP contribution in [0.1, 0.15) is 25.7 Å². The van der Waals surface area contributed by atoms with Gasteiger partial charge in [0.25, 0.3) is 0 Å². The Morgan fingerprint density at radius 1 is 1.40 bits per heavy atom. The lowest BCUT2D eigenvalue weighted by molar-refractivity contribution is -0.201. The average Bonchev–Trinajstić information content (AvgIpc) is 2.56. The lowest BCUT2D eigenvalue weighted by Crippen LogP contribution is -2.69. The quantitative estimate of drug-likeness (QED) is 0.853. The first-order valence-electron chi connectivity index (χ1n) is 6.45. The third-order valence-electron chi connectivity index (χ3n) is 4.71. The van der Waals surface area contributed by atoms with Crippen molar-refractivity contribution in [2.24, 2.45) is 5.41 Å². The van der Waals surface area contributed by atoms with Crippen molar-refractivity contribution in [3.63, 3.8) is 0 Å². The minimum absolute atomic E-state index is 0.0771. The van der Waals surface area contributed by atoms with Crippen molar-refractivity contribution < 1.29 is 15.0 Å². The maximum Gasteiger partial charge on any atom is 0.336 e. The van der Waals surface area contributed by atoms with Crippen molar-refractivity contribution >= 4 is 11.5 Å². The summed E-state index contributed by atoms with van der Waals surface area (Å²) in [5, 5.41) is 19.1. The first kappa shape index (κ1) is 11.5. The van der Waals surface area contributed by atoms with E-state index in [1.165, 1.54) is 27.6 Å². The van der Waals surface area contributed by atoms with Gasteiger partial charge >= 0.3 is 11.7 Å². The molecular formula is C13H13N3O4. The summed E-state index contributed by atoms with van der Waals surface area (Å²) < 4.78 is 2.78. The Hall–Kier alpha value is -2.31. The summed E-state index contributed by atoms with van der Waals surface area (Å²) in [7, 11) is 0. The fourth-order valence-electron chi connectivity index (χ4n) is 4.12. The first-order chi connectivity index (χ1) is 9.46. The molecule has 2 N–H and O–H groups in total. The average molecular weight is 275 g/mol. The van der Waals surface area contributed by atoms with Gasteiger partial charge in [0.15, 0.2) is 0 Å². The number of aromatic hydroxyl groups is 1. The Balaban J connectivity index is 1.76. The van der Waals surface area contributed by atoms with Gasteiger partial charge in [-0.3, -0.25) is 18.7 Å². The fraction of sp³-hybridized carbons (Fsp3) is 0.462. The van der Waals surface area contributed by atoms with E-state index in [2.05, 4.69) is 4.98 Å². The Morgan fingerprint density at radius 2 is 2.10 bits per heavy atom. The van der Waals surface area contributed by atoms with Gasteiger partial charge in [0.2, 0.25) is 5.88 Å². The smallest absolute Gasteiger partial charge is 0.336 e. The highest BCUT2D eigenvalue weighted by Gasteiger charge is 2.70. The number of aromatic nitrogens is 3. The summed E-state index contributed by atoms with van der Waals surface area (Å²) >= 11 is 0. The molecule has 3 fully saturated rings. The minimum atomic E-state index is -0.805. The molecule has 2 bridgehead atoms. The number of nitrogens with zero attached hydrogens (tertiary/aromatic N) is 3. The number of rotatable bonds is 3. The van der Waals surface area contributed by atoms with Crippen LogP contribution in [0.15, 0.2) is 23.4 Å². The van der Waals surface area contributed by atoms with Gasteiger partial charge in [0, 0.05) is 12.4 Å². The molecule has 0 radical (unpaired) electrons. The molecule has 7 nitrogen and oxygen atoms in total. The van der Waals surface area contributed by atoms with Crippen LogP contribution in [0, 0.1) is 5.41 Å². The van der Waals surface area contributed by atoms with Crippen molar-refractivity contribution in [2.45, 2.75) is 31.2 Å². The number of hydrogen-bond acceptors (Lipinski definition) is 4. The van der Waals surface area contributed by atoms with Gasteiger partial charge in [-0.2, -0.15) is 0 Å². The molecule has 0 atom stereocenters. The maximum atomic E-state index is 12.4. The summed E-state index contributed by atoms with van der Waals surface area (Å²) in [5.41, 5.74) is -0.481. The second-order valence-corrected chi connectivity index (χ2v) is 6.10. The number of carboxylic acids is 1. The summed E-state index contributed by atoms with van der Waals surface area (Å²) in [6.45, 7) is 0. The summed E-state index contributed by atoms with van der Waals surface area (Å²) in [6.07, 6.45) is 6.53. The molecule has 2 heterocycles. The molecule has 2 aromatic heterocycles. The van der Waals surface area contributed by atoms with Crippen molar-refractivity contribution in [3.8, 4) is 5.88 Å². The normalized spacial score (nSPS) is 30.8. The van der Waals surface area contributed by atoms with E-state index in [0.717, 1.165) is 0 Å². The predicted molar refractivity (Wildman–Crippen MR) is 67.6 cm³/mol. The van der Waals surface area contributed by atoms with Crippen molar-refractivity contribution in [1.29, 1.82) is 0 Å². The van der Waals surface area contributed by atoms with Crippen LogP contribution in [0.5, 0.6) is 5.88 Å². The zero-order valence-electron chi connectivity index (χ0n) is 10.6. The zero-order valence-corrected chi connectivity index (χ0v) is 10.6. The van der Waals surface area contributed by atoms with Crippen LogP contribution in [0.4, 0.5) is 0 Å². The molecule has 3 aliphatic carbocycles. The van der Waals surface area contributed by atoms with Crippen LogP contribution in [0.3, 0.4) is 0 Å². The van der Waals surface area contributed by atoms with E-state index in [9.17, 15) is 14.7 Å². The molecule has 3 saturated carbocycles. The van der Waals surface area contributed by atoms with E-state index in [-0.39, 0.29) is 23.4 Å². The molecule has 0 aromatic carbocycles. The molecular weight excluding hydrogens is 262 g/mol. The van der Waals surface area contributed by atoms with Crippen molar-refractivity contribution in [1.82, 2.24) is 14.0 Å². The van der Waals surface area contributed by atoms with Crippen LogP contribution >= 0.6 is 0 Å². The number of aliphatic carboxylic acids is 1. The molecule has 0 spiro atoms. The van der Waals surface area contributed by atoms with Crippen LogP contribution in [0.25, 0.3) is 5.52 Å². The van der Waals surface area contributed by atoms with Gasteiger partial charge in [-0.05, 0) is 24.7 Å². The van der Waals surface area contributed by atoms with Crippen LogP contribution < -0.4 is 5.69 Å². The van der Waals surface area contributed by atoms with E-state index in [1.807, 2.05) is 0 Å². The standard InChI is InChI=1S/C13H13N3O4/c17-9(18)3-12-5-13(6-12,7-12)16-10(19)8-4-14-1-2-15(8)11(16)20/h1-2,4,19H,3,5-7H2,(H,17,18). The highest BCUT2D eigenvalue weighted by Crippen LogP contribution is 2.73. The SMILES string of the molecule is O=C(O)CC12CC(n3c(O)c4cnccn4c3=O)(C1)C2. The number of hydrogen-bond donors (Lipinski definition) is 2. The van der Waals surface area contributed by atoms with Crippen molar-refractivity contribution in [2.75, 3.05) is 0 Å². The van der Waals surface area contributed by atoms with E-state index in [0.29, 0.717) is 24.8 Å². The molecule has 7 heteroatoms. The van der Waals surface area contributed by atoms with Gasteiger partial charge in [0.05, 0.1) is 18.2 Å². The highest BCUT2D eigenvalue weighted by atomic mass is 16.4. The van der Waals surface area contributed by atoms with Crippen molar-refractivity contribution in [3.05, 3.63) is 29.1 Å². The Kier molecular flexibility index (Phi) is 1.86. The van der Waals surface area contributed by atoms with E-state index >= 15 is 0 Å². The van der Waals surface area contributed by atoms with Crippen LogP contribution in [-0.4, -0.2) is 30.1 Å². The van der Waals surface area contributed by atoms with Gasteiger partial charge in [-0.15, -0.1) is 0 Å². The Labute approximate surface area is 113 Å². The second-order valence-electron chi connectivity index (χ2n) is 6.10. The minimum Gasteiger partial charge on any atom is -0.493 e. The van der Waals surface area contributed by atoms with Gasteiger partial charge in [-0.25, -0.2) is 4.79 Å². The molecule has 0 aliphatic heterocycles. The molecule has 0 unspecified atom stereocenters. The van der Waals surface area contributed by atoms with Gasteiger partial charge in [-0.1, -0.05) is 0 Å². The highest BCUT2D eigenvalue weighted by molar-refractivity contribution is 5.69. The molecule has 3 aliphatic rings. The topological polar surface area (TPSA) is 96.8 Å². The largest absolute Gasteiger partial charge is 0.493 e. The lowest BCUT2D eigenvalue weighted by atomic mass is 9.38. The molecule has 0 amide bonds. The number of imidazole rings is 1. The third kappa shape index (κ3) is 1.17. The van der Waals surface area contributed by atoms with E-state index < -0.39 is 11.5 Å². The number of fused-ring (bicyclic) bond motifs is 1. The molecule has 0 saturated heterocycles. The zero-order chi connectivity index (χ0) is 14.1. The summed E-state index contributed by atoms with van der Waals surface area (Å²) in [5.74, 6) is -0.882. The molecule has 20 heavy (non-hydrogen) atoms. The number of carboxylic acid groups (broad SMARTS) is 1. The van der Waals surface area contributed by atoms with Crippen LogP contribution in [-0.2, 0) is 10.3 Å². The second kappa shape index (κ2) is 3.23. The van der Waals surface area contributed by atoms with Crippen LogP contribution in [0.2, 0.25) is 0 Å². The third-order valence-corrected chi connectivity index (χ3v) is 4.71. The maximum absolute atomic E-state index is 12.4.